The van der Waals surface area contributed by atoms with Crippen molar-refractivity contribution in [2.75, 3.05) is 11.4 Å². The lowest BCUT2D eigenvalue weighted by atomic mass is 9.74. The summed E-state index contributed by atoms with van der Waals surface area (Å²) in [5, 5.41) is 21.4. The second kappa shape index (κ2) is 8.38. The molecule has 4 aliphatic rings. The molecule has 1 unspecified atom stereocenters. The summed E-state index contributed by atoms with van der Waals surface area (Å²) >= 11 is 6.12. The first-order chi connectivity index (χ1) is 18.0. The van der Waals surface area contributed by atoms with Gasteiger partial charge in [0.15, 0.2) is 5.69 Å². The minimum Gasteiger partial charge on any atom is -0.348 e. The molecule has 0 bridgehead atoms. The summed E-state index contributed by atoms with van der Waals surface area (Å²) in [6.45, 7) is 0.778. The number of aromatic nitrogens is 4. The van der Waals surface area contributed by atoms with Gasteiger partial charge in [-0.15, -0.1) is 5.10 Å². The molecule has 10 heteroatoms. The minimum absolute atomic E-state index is 0.0161. The standard InChI is InChI=1S/C27H24ClN7O2/c28-18-3-1-15(10-29)20(9-18)16-5-19(6-16)31-26(36)23-13-35(33-32-23)24-4-2-14-8-25(30-11-22(14)24)34-12-17-7-21(17)27(34)37/h1,3,8-9,11,13,16-17,19,21,24H,2,4-7,12H2,(H,31,36)/t16-,17-,19+,21-,24?/m1/s1. The molecule has 3 atom stereocenters. The van der Waals surface area contributed by atoms with Gasteiger partial charge in [-0.3, -0.25) is 14.5 Å². The van der Waals surface area contributed by atoms with E-state index in [1.807, 2.05) is 23.2 Å². The number of benzene rings is 1. The number of aryl methyl sites for hydroxylation is 1. The number of pyridine rings is 1. The molecule has 186 valence electrons. The molecule has 1 N–H and O–H groups in total. The van der Waals surface area contributed by atoms with Gasteiger partial charge in [0.2, 0.25) is 5.91 Å². The van der Waals surface area contributed by atoms with Gasteiger partial charge in [0.05, 0.1) is 23.9 Å². The molecule has 7 rings (SSSR count). The summed E-state index contributed by atoms with van der Waals surface area (Å²) < 4.78 is 1.74. The zero-order valence-corrected chi connectivity index (χ0v) is 20.7. The molecule has 2 saturated carbocycles. The molecule has 3 aliphatic carbocycles. The molecular weight excluding hydrogens is 490 g/mol. The van der Waals surface area contributed by atoms with Crippen LogP contribution in [0.4, 0.5) is 5.82 Å². The van der Waals surface area contributed by atoms with Crippen molar-refractivity contribution in [3.8, 4) is 6.07 Å². The summed E-state index contributed by atoms with van der Waals surface area (Å²) in [6, 6.07) is 9.55. The Hall–Kier alpha value is -3.77. The number of nitriles is 1. The largest absolute Gasteiger partial charge is 0.348 e. The zero-order chi connectivity index (χ0) is 25.3. The molecule has 2 aromatic heterocycles. The van der Waals surface area contributed by atoms with Crippen molar-refractivity contribution >= 4 is 29.2 Å². The highest BCUT2D eigenvalue weighted by atomic mass is 35.5. The fourth-order valence-corrected chi connectivity index (χ4v) is 6.30. The highest BCUT2D eigenvalue weighted by molar-refractivity contribution is 6.30. The Balaban J connectivity index is 0.998. The number of halogens is 1. The van der Waals surface area contributed by atoms with E-state index in [1.165, 1.54) is 5.56 Å². The normalized spacial score (nSPS) is 27.3. The van der Waals surface area contributed by atoms with Crippen LogP contribution in [0.25, 0.3) is 0 Å². The van der Waals surface area contributed by atoms with Crippen LogP contribution in [0.3, 0.4) is 0 Å². The topological polar surface area (TPSA) is 117 Å². The maximum Gasteiger partial charge on any atom is 0.273 e. The average molecular weight is 514 g/mol. The number of hydrogen-bond acceptors (Lipinski definition) is 6. The van der Waals surface area contributed by atoms with E-state index >= 15 is 0 Å². The number of piperidine rings is 1. The van der Waals surface area contributed by atoms with Crippen molar-refractivity contribution in [2.45, 2.75) is 50.1 Å². The van der Waals surface area contributed by atoms with Gasteiger partial charge in [-0.25, -0.2) is 9.67 Å². The van der Waals surface area contributed by atoms with Crippen LogP contribution >= 0.6 is 11.6 Å². The fourth-order valence-electron chi connectivity index (χ4n) is 6.12. The van der Waals surface area contributed by atoms with Crippen molar-refractivity contribution in [3.05, 3.63) is 69.6 Å². The number of anilines is 1. The molecule has 2 amide bonds. The molecule has 3 heterocycles. The number of hydrogen-bond donors (Lipinski definition) is 1. The van der Waals surface area contributed by atoms with Gasteiger partial charge in [0.25, 0.3) is 5.91 Å². The van der Waals surface area contributed by atoms with E-state index in [0.29, 0.717) is 16.5 Å². The predicted octanol–water partition coefficient (Wildman–Crippen LogP) is 3.39. The van der Waals surface area contributed by atoms with E-state index in [0.717, 1.165) is 55.6 Å². The number of fused-ring (bicyclic) bond motifs is 2. The molecule has 1 aromatic carbocycles. The van der Waals surface area contributed by atoms with Gasteiger partial charge in [0, 0.05) is 29.7 Å². The number of carbonyl (C=O) groups is 2. The Labute approximate surface area is 218 Å². The zero-order valence-electron chi connectivity index (χ0n) is 20.0. The van der Waals surface area contributed by atoms with Crippen LogP contribution in [0, 0.1) is 23.2 Å². The van der Waals surface area contributed by atoms with Gasteiger partial charge in [-0.1, -0.05) is 16.8 Å². The second-order valence-corrected chi connectivity index (χ2v) is 11.0. The van der Waals surface area contributed by atoms with Crippen LogP contribution in [-0.4, -0.2) is 44.4 Å². The number of amides is 2. The Morgan fingerprint density at radius 2 is 2.05 bits per heavy atom. The van der Waals surface area contributed by atoms with Crippen LogP contribution in [-0.2, 0) is 11.2 Å². The monoisotopic (exact) mass is 513 g/mol. The highest BCUT2D eigenvalue weighted by Gasteiger charge is 2.53. The van der Waals surface area contributed by atoms with Gasteiger partial charge in [-0.05, 0) is 84.9 Å². The van der Waals surface area contributed by atoms with Gasteiger partial charge in [-0.2, -0.15) is 5.26 Å². The van der Waals surface area contributed by atoms with Crippen molar-refractivity contribution in [1.82, 2.24) is 25.3 Å². The lowest BCUT2D eigenvalue weighted by Crippen LogP contribution is -2.43. The lowest BCUT2D eigenvalue weighted by Gasteiger charge is -2.36. The molecule has 9 nitrogen and oxygen atoms in total. The van der Waals surface area contributed by atoms with E-state index in [1.54, 1.807) is 23.0 Å². The molecule has 37 heavy (non-hydrogen) atoms. The summed E-state index contributed by atoms with van der Waals surface area (Å²) in [5.74, 6) is 1.61. The van der Waals surface area contributed by atoms with Crippen molar-refractivity contribution in [1.29, 1.82) is 5.26 Å². The minimum atomic E-state index is -0.251. The summed E-state index contributed by atoms with van der Waals surface area (Å²) in [6.07, 6.45) is 7.77. The maximum atomic E-state index is 12.8. The highest BCUT2D eigenvalue weighted by Crippen LogP contribution is 2.47. The first kappa shape index (κ1) is 22.4. The average Bonchev–Trinajstić information content (AvgIpc) is 3.18. The molecule has 1 aliphatic heterocycles. The summed E-state index contributed by atoms with van der Waals surface area (Å²) in [4.78, 5) is 31.7. The first-order valence-electron chi connectivity index (χ1n) is 12.7. The van der Waals surface area contributed by atoms with Gasteiger partial charge < -0.3 is 5.32 Å². The molecule has 0 spiro atoms. The van der Waals surface area contributed by atoms with Crippen LogP contribution in [0.5, 0.6) is 0 Å². The van der Waals surface area contributed by atoms with Crippen molar-refractivity contribution < 1.29 is 9.59 Å². The third kappa shape index (κ3) is 3.78. The molecular formula is C27H24ClN7O2. The number of nitrogens with one attached hydrogen (secondary N) is 1. The Bertz CT molecular complexity index is 1490. The Morgan fingerprint density at radius 1 is 1.19 bits per heavy atom. The van der Waals surface area contributed by atoms with Crippen LogP contribution in [0.15, 0.2) is 36.7 Å². The fraction of sp³-hybridized carbons (Fsp3) is 0.407. The third-order valence-electron chi connectivity index (χ3n) is 8.37. The Kier molecular flexibility index (Phi) is 5.08. The van der Waals surface area contributed by atoms with E-state index in [-0.39, 0.29) is 41.4 Å². The van der Waals surface area contributed by atoms with Crippen LogP contribution in [0.2, 0.25) is 5.02 Å². The molecule has 0 radical (unpaired) electrons. The smallest absolute Gasteiger partial charge is 0.273 e. The quantitative estimate of drug-likeness (QED) is 0.559. The SMILES string of the molecule is N#Cc1ccc(Cl)cc1[C@H]1C[C@@H](NC(=O)c2cn(C3CCc4cc(N5C[C@H]6C[C@H]6C5=O)ncc43)nn2)C1. The lowest BCUT2D eigenvalue weighted by molar-refractivity contribution is -0.118. The maximum absolute atomic E-state index is 12.8. The second-order valence-electron chi connectivity index (χ2n) is 10.6. The van der Waals surface area contributed by atoms with Crippen LogP contribution in [0.1, 0.15) is 70.4 Å². The van der Waals surface area contributed by atoms with E-state index in [4.69, 9.17) is 11.6 Å². The van der Waals surface area contributed by atoms with E-state index in [9.17, 15) is 14.9 Å². The summed E-state index contributed by atoms with van der Waals surface area (Å²) in [7, 11) is 0. The van der Waals surface area contributed by atoms with Crippen molar-refractivity contribution in [3.63, 3.8) is 0 Å². The van der Waals surface area contributed by atoms with Gasteiger partial charge >= 0.3 is 0 Å². The molecule has 1 saturated heterocycles. The van der Waals surface area contributed by atoms with E-state index in [2.05, 4.69) is 26.7 Å². The van der Waals surface area contributed by atoms with E-state index < -0.39 is 0 Å². The molecule has 3 fully saturated rings. The van der Waals surface area contributed by atoms with Crippen LogP contribution < -0.4 is 10.2 Å². The predicted molar refractivity (Wildman–Crippen MR) is 134 cm³/mol. The third-order valence-corrected chi connectivity index (χ3v) is 8.60. The number of carbonyl (C=O) groups excluding carboxylic acids is 2. The van der Waals surface area contributed by atoms with Crippen molar-refractivity contribution in [2.24, 2.45) is 11.8 Å². The Morgan fingerprint density at radius 3 is 2.84 bits per heavy atom. The number of rotatable bonds is 5. The number of nitrogens with zero attached hydrogens (tertiary/aromatic N) is 6. The summed E-state index contributed by atoms with van der Waals surface area (Å²) in [5.41, 5.74) is 4.08. The van der Waals surface area contributed by atoms with Gasteiger partial charge in [0.1, 0.15) is 5.82 Å². The first-order valence-corrected chi connectivity index (χ1v) is 13.1. The molecule has 3 aromatic rings.